The lowest BCUT2D eigenvalue weighted by Gasteiger charge is -1.93. The second-order valence-corrected chi connectivity index (χ2v) is 2.10. The van der Waals surface area contributed by atoms with Crippen LogP contribution in [0.2, 0.25) is 0 Å². The summed E-state index contributed by atoms with van der Waals surface area (Å²) in [5.41, 5.74) is 0. The molecule has 0 unspecified atom stereocenters. The van der Waals surface area contributed by atoms with Gasteiger partial charge in [0.25, 0.3) is 11.6 Å². The summed E-state index contributed by atoms with van der Waals surface area (Å²) in [4.78, 5) is 17.5. The molecule has 100 valence electrons. The van der Waals surface area contributed by atoms with E-state index < -0.39 is 0 Å². The molecule has 0 aliphatic heterocycles. The molecule has 0 fully saturated rings. The molecule has 0 aromatic carbocycles. The summed E-state index contributed by atoms with van der Waals surface area (Å²) >= 11 is 0. The van der Waals surface area contributed by atoms with E-state index in [0.29, 0.717) is 0 Å². The maximum atomic E-state index is 4.39. The van der Waals surface area contributed by atoms with Crippen LogP contribution in [0, 0.1) is 0 Å². The Labute approximate surface area is 102 Å². The molecule has 0 aliphatic carbocycles. The van der Waals surface area contributed by atoms with Crippen LogP contribution in [0.5, 0.6) is 0 Å². The summed E-state index contributed by atoms with van der Waals surface area (Å²) in [5, 5.41) is 27.0. The number of hydrogen-bond donors (Lipinski definition) is 0. The van der Waals surface area contributed by atoms with Crippen molar-refractivity contribution in [3.05, 3.63) is 11.6 Å². The third kappa shape index (κ3) is 6.76. The monoisotopic (exact) mass is 260 g/mol. The van der Waals surface area contributed by atoms with Gasteiger partial charge in [-0.15, -0.1) is 0 Å². The lowest BCUT2D eigenvalue weighted by atomic mass is 10.7. The molecule has 0 rings (SSSR count). The molecule has 0 aromatic rings. The SMILES string of the molecule is CON=NC(N=NOC)=C(N=NOC)N=NOC. The van der Waals surface area contributed by atoms with E-state index in [4.69, 9.17) is 0 Å². The van der Waals surface area contributed by atoms with Crippen molar-refractivity contribution in [2.24, 2.45) is 41.6 Å². The number of hydrogen-bond acceptors (Lipinski definition) is 12. The summed E-state index contributed by atoms with van der Waals surface area (Å²) in [6.45, 7) is 0. The first-order valence-electron chi connectivity index (χ1n) is 4.31. The predicted molar refractivity (Wildman–Crippen MR) is 54.5 cm³/mol. The molecular formula is C6H12N8O4. The molecule has 0 atom stereocenters. The molecule has 0 aromatic heterocycles. The average molecular weight is 260 g/mol. The Morgan fingerprint density at radius 2 is 0.722 bits per heavy atom. The van der Waals surface area contributed by atoms with E-state index >= 15 is 0 Å². The molecule has 0 spiro atoms. The Morgan fingerprint density at radius 1 is 0.500 bits per heavy atom. The van der Waals surface area contributed by atoms with Gasteiger partial charge < -0.3 is 19.4 Å². The van der Waals surface area contributed by atoms with Crippen molar-refractivity contribution in [1.82, 2.24) is 0 Å². The first-order chi connectivity index (χ1) is 8.79. The van der Waals surface area contributed by atoms with Gasteiger partial charge >= 0.3 is 0 Å². The molecule has 0 saturated heterocycles. The minimum Gasteiger partial charge on any atom is -0.383 e. The molecule has 0 aliphatic rings. The van der Waals surface area contributed by atoms with Crippen molar-refractivity contribution in [2.45, 2.75) is 0 Å². The quantitative estimate of drug-likeness (QED) is 0.487. The van der Waals surface area contributed by atoms with Gasteiger partial charge in [-0.05, 0) is 0 Å². The molecule has 0 N–H and O–H groups in total. The van der Waals surface area contributed by atoms with Gasteiger partial charge in [0.2, 0.25) is 0 Å². The van der Waals surface area contributed by atoms with Crippen molar-refractivity contribution in [3.63, 3.8) is 0 Å². The van der Waals surface area contributed by atoms with E-state index in [-0.39, 0.29) is 11.6 Å². The van der Waals surface area contributed by atoms with E-state index in [1.54, 1.807) is 0 Å². The van der Waals surface area contributed by atoms with Crippen LogP contribution in [0.25, 0.3) is 0 Å². The zero-order valence-electron chi connectivity index (χ0n) is 10.2. The number of rotatable bonds is 8. The van der Waals surface area contributed by atoms with E-state index in [2.05, 4.69) is 60.9 Å². The predicted octanol–water partition coefficient (Wildman–Crippen LogP) is 2.17. The summed E-state index contributed by atoms with van der Waals surface area (Å²) in [5.74, 6) is -0.361. The molecule has 18 heavy (non-hydrogen) atoms. The Morgan fingerprint density at radius 3 is 0.889 bits per heavy atom. The summed E-state index contributed by atoms with van der Waals surface area (Å²) in [7, 11) is 5.17. The lowest BCUT2D eigenvalue weighted by molar-refractivity contribution is 0.176. The van der Waals surface area contributed by atoms with E-state index in [9.17, 15) is 0 Å². The molecule has 0 heterocycles. The highest BCUT2D eigenvalue weighted by Crippen LogP contribution is 2.14. The van der Waals surface area contributed by atoms with Crippen molar-refractivity contribution in [3.8, 4) is 0 Å². The highest BCUT2D eigenvalue weighted by molar-refractivity contribution is 5.05. The van der Waals surface area contributed by atoms with Crippen LogP contribution in [0.1, 0.15) is 0 Å². The smallest absolute Gasteiger partial charge is 0.251 e. The normalized spacial score (nSPS) is 11.6. The zero-order valence-corrected chi connectivity index (χ0v) is 10.2. The second kappa shape index (κ2) is 10.8. The fraction of sp³-hybridized carbons (Fsp3) is 0.667. The van der Waals surface area contributed by atoms with Crippen molar-refractivity contribution >= 4 is 0 Å². The molecule has 0 amide bonds. The van der Waals surface area contributed by atoms with Crippen LogP contribution in [0.3, 0.4) is 0 Å². The largest absolute Gasteiger partial charge is 0.383 e. The van der Waals surface area contributed by atoms with Crippen molar-refractivity contribution in [1.29, 1.82) is 0 Å². The standard InChI is InChI=1S/C6H12N8O4/c1-15-11-7-5(8-12-16-2)6(9-13-17-3)10-14-18-4/h1-4H3. The van der Waals surface area contributed by atoms with E-state index in [0.717, 1.165) is 0 Å². The average Bonchev–Trinajstić information content (AvgIpc) is 2.40. The first kappa shape index (κ1) is 15.3. The van der Waals surface area contributed by atoms with Gasteiger partial charge in [-0.2, -0.15) is 0 Å². The van der Waals surface area contributed by atoms with Gasteiger partial charge in [-0.25, -0.2) is 0 Å². The molecule has 12 nitrogen and oxygen atoms in total. The molecule has 0 radical (unpaired) electrons. The van der Waals surface area contributed by atoms with Crippen LogP contribution in [-0.2, 0) is 19.4 Å². The minimum atomic E-state index is -0.180. The lowest BCUT2D eigenvalue weighted by Crippen LogP contribution is -1.83. The first-order valence-corrected chi connectivity index (χ1v) is 4.31. The molecule has 12 heteroatoms. The van der Waals surface area contributed by atoms with Crippen molar-refractivity contribution < 1.29 is 19.4 Å². The number of nitrogens with zero attached hydrogens (tertiary/aromatic N) is 8. The van der Waals surface area contributed by atoms with Crippen LogP contribution in [0.15, 0.2) is 53.2 Å². The molecular weight excluding hydrogens is 248 g/mol. The Bertz CT molecular complexity index is 297. The minimum absolute atomic E-state index is 0.180. The summed E-state index contributed by atoms with van der Waals surface area (Å²) in [6.07, 6.45) is 0. The van der Waals surface area contributed by atoms with Gasteiger partial charge in [0.05, 0.1) is 0 Å². The molecule has 0 saturated carbocycles. The zero-order chi connectivity index (χ0) is 13.6. The Kier molecular flexibility index (Phi) is 9.24. The van der Waals surface area contributed by atoms with Gasteiger partial charge in [0.1, 0.15) is 28.4 Å². The third-order valence-corrected chi connectivity index (χ3v) is 1.07. The third-order valence-electron chi connectivity index (χ3n) is 1.07. The van der Waals surface area contributed by atoms with E-state index in [1.807, 2.05) is 0 Å². The van der Waals surface area contributed by atoms with Crippen LogP contribution >= 0.6 is 0 Å². The highest BCUT2D eigenvalue weighted by atomic mass is 16.6. The van der Waals surface area contributed by atoms with E-state index in [1.165, 1.54) is 28.4 Å². The summed E-state index contributed by atoms with van der Waals surface area (Å²) < 4.78 is 0. The topological polar surface area (TPSA) is 136 Å². The van der Waals surface area contributed by atoms with Crippen LogP contribution < -0.4 is 0 Å². The maximum absolute atomic E-state index is 4.39. The Hall–Kier alpha value is -2.66. The fourth-order valence-electron chi connectivity index (χ4n) is 0.537. The second-order valence-electron chi connectivity index (χ2n) is 2.10. The highest BCUT2D eigenvalue weighted by Gasteiger charge is 2.07. The van der Waals surface area contributed by atoms with Gasteiger partial charge in [-0.3, -0.25) is 0 Å². The maximum Gasteiger partial charge on any atom is 0.251 e. The van der Waals surface area contributed by atoms with Gasteiger partial charge in [0, 0.05) is 21.1 Å². The Balaban J connectivity index is 5.34. The van der Waals surface area contributed by atoms with Crippen molar-refractivity contribution in [2.75, 3.05) is 28.4 Å². The van der Waals surface area contributed by atoms with Crippen LogP contribution in [0.4, 0.5) is 0 Å². The fourth-order valence-corrected chi connectivity index (χ4v) is 0.537. The van der Waals surface area contributed by atoms with Gasteiger partial charge in [-0.1, -0.05) is 20.5 Å². The van der Waals surface area contributed by atoms with Crippen LogP contribution in [-0.4, -0.2) is 28.4 Å². The molecule has 0 bridgehead atoms. The van der Waals surface area contributed by atoms with Gasteiger partial charge in [0.15, 0.2) is 0 Å². The summed E-state index contributed by atoms with van der Waals surface area (Å²) in [6, 6.07) is 0.